The van der Waals surface area contributed by atoms with Crippen LogP contribution in [0.2, 0.25) is 0 Å². The van der Waals surface area contributed by atoms with E-state index >= 15 is 0 Å². The van der Waals surface area contributed by atoms with Gasteiger partial charge in [0.05, 0.1) is 12.6 Å². The summed E-state index contributed by atoms with van der Waals surface area (Å²) >= 11 is 3.88. The van der Waals surface area contributed by atoms with Crippen molar-refractivity contribution in [2.75, 3.05) is 12.4 Å². The van der Waals surface area contributed by atoms with Crippen LogP contribution in [0.3, 0.4) is 0 Å². The number of carbonyl (C=O) groups excluding carboxylic acids is 3. The number of nitrogens with two attached hydrogens (primary N) is 1. The van der Waals surface area contributed by atoms with Crippen LogP contribution in [0.25, 0.3) is 0 Å². The second-order valence-electron chi connectivity index (χ2n) is 6.55. The Bertz CT molecular complexity index is 757. The van der Waals surface area contributed by atoms with Crippen molar-refractivity contribution in [1.82, 2.24) is 16.0 Å². The minimum absolute atomic E-state index is 0.00348. The van der Waals surface area contributed by atoms with Gasteiger partial charge in [0.15, 0.2) is 0 Å². The van der Waals surface area contributed by atoms with Crippen molar-refractivity contribution in [3.05, 3.63) is 29.8 Å². The van der Waals surface area contributed by atoms with E-state index in [9.17, 15) is 29.4 Å². The summed E-state index contributed by atoms with van der Waals surface area (Å²) in [6.07, 6.45) is -0.0455. The number of aromatic hydroxyl groups is 1. The number of hydrogen-bond donors (Lipinski definition) is 8. The Balaban J connectivity index is 3.01. The smallest absolute Gasteiger partial charge is 0.327 e. The molecule has 0 heterocycles. The molecule has 0 saturated heterocycles. The molecule has 0 aromatic heterocycles. The summed E-state index contributed by atoms with van der Waals surface area (Å²) in [6, 6.07) is 1.02. The Morgan fingerprint density at radius 1 is 0.967 bits per heavy atom. The molecular weight excluding hydrogens is 416 g/mol. The zero-order chi connectivity index (χ0) is 22.8. The molecule has 30 heavy (non-hydrogen) atoms. The number of carboxylic acid groups (broad SMARTS) is 1. The number of hydrogen-bond acceptors (Lipinski definition) is 8. The number of carbonyl (C=O) groups is 4. The fourth-order valence-electron chi connectivity index (χ4n) is 2.30. The van der Waals surface area contributed by atoms with Gasteiger partial charge in [0, 0.05) is 12.2 Å². The van der Waals surface area contributed by atoms with Crippen molar-refractivity contribution in [1.29, 1.82) is 0 Å². The molecule has 1 aromatic rings. The molecule has 0 aliphatic rings. The molecule has 12 heteroatoms. The lowest BCUT2D eigenvalue weighted by molar-refractivity contribution is -0.141. The van der Waals surface area contributed by atoms with Crippen LogP contribution in [0, 0.1) is 0 Å². The third-order valence-corrected chi connectivity index (χ3v) is 4.40. The molecular formula is C18H26N4O7S. The number of amides is 3. The topological polar surface area (TPSA) is 191 Å². The zero-order valence-corrected chi connectivity index (χ0v) is 17.1. The Labute approximate surface area is 178 Å². The molecule has 4 atom stereocenters. The Kier molecular flexibility index (Phi) is 10.1. The van der Waals surface area contributed by atoms with E-state index in [0.717, 1.165) is 0 Å². The van der Waals surface area contributed by atoms with Gasteiger partial charge >= 0.3 is 5.97 Å². The maximum Gasteiger partial charge on any atom is 0.327 e. The molecule has 1 aromatic carbocycles. The molecule has 1 rings (SSSR count). The first-order chi connectivity index (χ1) is 14.1. The van der Waals surface area contributed by atoms with Gasteiger partial charge in [-0.1, -0.05) is 12.1 Å². The van der Waals surface area contributed by atoms with E-state index in [0.29, 0.717) is 5.56 Å². The molecule has 3 amide bonds. The Morgan fingerprint density at radius 2 is 1.47 bits per heavy atom. The summed E-state index contributed by atoms with van der Waals surface area (Å²) in [5.74, 6) is -3.81. The number of benzene rings is 1. The standard InChI is InChI=1S/C18H26N4O7S/c1-9(19)15(25)21-13(7-23)17(27)20-12(6-10-2-4-11(24)5-3-10)16(26)22-14(8-30)18(28)29/h2-5,9,12-14,23-24,30H,6-8,19H2,1H3,(H,20,27)(H,21,25)(H,22,26)(H,28,29). The average Bonchev–Trinajstić information content (AvgIpc) is 2.70. The van der Waals surface area contributed by atoms with Crippen LogP contribution in [0.4, 0.5) is 0 Å². The Hall–Kier alpha value is -2.83. The van der Waals surface area contributed by atoms with E-state index < -0.39 is 54.5 Å². The highest BCUT2D eigenvalue weighted by Crippen LogP contribution is 2.12. The second-order valence-corrected chi connectivity index (χ2v) is 6.91. The molecule has 0 aliphatic carbocycles. The lowest BCUT2D eigenvalue weighted by atomic mass is 10.0. The van der Waals surface area contributed by atoms with Gasteiger partial charge in [-0.15, -0.1) is 0 Å². The van der Waals surface area contributed by atoms with Crippen molar-refractivity contribution in [2.45, 2.75) is 37.5 Å². The number of phenolic OH excluding ortho intramolecular Hbond substituents is 1. The summed E-state index contributed by atoms with van der Waals surface area (Å²) in [5.41, 5.74) is 5.99. The monoisotopic (exact) mass is 442 g/mol. The van der Waals surface area contributed by atoms with Crippen LogP contribution in [0.15, 0.2) is 24.3 Å². The summed E-state index contributed by atoms with van der Waals surface area (Å²) < 4.78 is 0. The molecule has 0 aliphatic heterocycles. The summed E-state index contributed by atoms with van der Waals surface area (Å²) in [4.78, 5) is 48.0. The first-order valence-electron chi connectivity index (χ1n) is 8.98. The maximum absolute atomic E-state index is 12.6. The fourth-order valence-corrected chi connectivity index (χ4v) is 2.55. The van der Waals surface area contributed by atoms with E-state index in [1.54, 1.807) is 0 Å². The lowest BCUT2D eigenvalue weighted by Crippen LogP contribution is -2.58. The normalized spacial score (nSPS) is 14.7. The van der Waals surface area contributed by atoms with Gasteiger partial charge in [-0.3, -0.25) is 14.4 Å². The fraction of sp³-hybridized carbons (Fsp3) is 0.444. The number of carboxylic acids is 1. The van der Waals surface area contributed by atoms with E-state index in [-0.39, 0.29) is 17.9 Å². The number of aliphatic hydroxyl groups excluding tert-OH is 1. The van der Waals surface area contributed by atoms with Gasteiger partial charge < -0.3 is 37.0 Å². The van der Waals surface area contributed by atoms with Gasteiger partial charge in [0.25, 0.3) is 0 Å². The van der Waals surface area contributed by atoms with Gasteiger partial charge in [-0.2, -0.15) is 12.6 Å². The van der Waals surface area contributed by atoms with Crippen LogP contribution in [-0.2, 0) is 25.6 Å². The van der Waals surface area contributed by atoms with Crippen LogP contribution in [-0.4, -0.2) is 75.5 Å². The van der Waals surface area contributed by atoms with Crippen LogP contribution in [0.5, 0.6) is 5.75 Å². The average molecular weight is 442 g/mol. The quantitative estimate of drug-likeness (QED) is 0.176. The molecule has 0 radical (unpaired) electrons. The van der Waals surface area contributed by atoms with Crippen LogP contribution >= 0.6 is 12.6 Å². The number of aliphatic carboxylic acids is 1. The van der Waals surface area contributed by atoms with Gasteiger partial charge in [0.1, 0.15) is 23.9 Å². The van der Waals surface area contributed by atoms with E-state index in [4.69, 9.17) is 10.8 Å². The molecule has 0 bridgehead atoms. The number of nitrogens with one attached hydrogen (secondary N) is 3. The van der Waals surface area contributed by atoms with Crippen molar-refractivity contribution in [3.8, 4) is 5.75 Å². The predicted octanol–water partition coefficient (Wildman–Crippen LogP) is -2.26. The van der Waals surface area contributed by atoms with Crippen molar-refractivity contribution >= 4 is 36.3 Å². The Morgan fingerprint density at radius 3 is 1.93 bits per heavy atom. The number of thiol groups is 1. The first kappa shape index (κ1) is 25.2. The third-order valence-electron chi connectivity index (χ3n) is 4.04. The summed E-state index contributed by atoms with van der Waals surface area (Å²) in [5, 5.41) is 34.8. The predicted molar refractivity (Wildman–Crippen MR) is 110 cm³/mol. The molecule has 0 spiro atoms. The van der Waals surface area contributed by atoms with Crippen molar-refractivity contribution < 1.29 is 34.5 Å². The number of phenols is 1. The molecule has 8 N–H and O–H groups in total. The molecule has 11 nitrogen and oxygen atoms in total. The minimum atomic E-state index is -1.36. The van der Waals surface area contributed by atoms with E-state index in [2.05, 4.69) is 28.6 Å². The minimum Gasteiger partial charge on any atom is -0.508 e. The largest absolute Gasteiger partial charge is 0.508 e. The molecule has 0 fully saturated rings. The highest BCUT2D eigenvalue weighted by Gasteiger charge is 2.29. The first-order valence-corrected chi connectivity index (χ1v) is 9.61. The molecule has 0 saturated carbocycles. The number of aliphatic hydroxyl groups is 1. The second kappa shape index (κ2) is 12.0. The van der Waals surface area contributed by atoms with Crippen molar-refractivity contribution in [3.63, 3.8) is 0 Å². The third kappa shape index (κ3) is 7.89. The van der Waals surface area contributed by atoms with Gasteiger partial charge in [0.2, 0.25) is 17.7 Å². The highest BCUT2D eigenvalue weighted by molar-refractivity contribution is 7.80. The van der Waals surface area contributed by atoms with Gasteiger partial charge in [-0.25, -0.2) is 4.79 Å². The highest BCUT2D eigenvalue weighted by atomic mass is 32.1. The number of rotatable bonds is 11. The van der Waals surface area contributed by atoms with Gasteiger partial charge in [-0.05, 0) is 24.6 Å². The maximum atomic E-state index is 12.6. The summed E-state index contributed by atoms with van der Waals surface area (Å²) in [7, 11) is 0. The van der Waals surface area contributed by atoms with E-state index in [1.165, 1.54) is 31.2 Å². The molecule has 4 unspecified atom stereocenters. The SMILES string of the molecule is CC(N)C(=O)NC(CO)C(=O)NC(Cc1ccc(O)cc1)C(=O)NC(CS)C(=O)O. The van der Waals surface area contributed by atoms with Crippen molar-refractivity contribution in [2.24, 2.45) is 5.73 Å². The van der Waals surface area contributed by atoms with E-state index in [1.807, 2.05) is 0 Å². The summed E-state index contributed by atoms with van der Waals surface area (Å²) in [6.45, 7) is 0.651. The molecule has 166 valence electrons. The van der Waals surface area contributed by atoms with Crippen LogP contribution in [0.1, 0.15) is 12.5 Å². The lowest BCUT2D eigenvalue weighted by Gasteiger charge is -2.24. The van der Waals surface area contributed by atoms with Crippen LogP contribution < -0.4 is 21.7 Å². The zero-order valence-electron chi connectivity index (χ0n) is 16.2.